The highest BCUT2D eigenvalue weighted by atomic mass is 35.5. The number of carbonyl (C=O) groups is 1. The van der Waals surface area contributed by atoms with Crippen molar-refractivity contribution in [1.29, 1.82) is 0 Å². The van der Waals surface area contributed by atoms with Gasteiger partial charge in [0.2, 0.25) is 10.0 Å². The van der Waals surface area contributed by atoms with Gasteiger partial charge in [0.25, 0.3) is 5.91 Å². The van der Waals surface area contributed by atoms with E-state index >= 15 is 0 Å². The summed E-state index contributed by atoms with van der Waals surface area (Å²) < 4.78 is 48.3. The maximum Gasteiger partial charge on any atom is 0.255 e. The number of nitrogens with zero attached hydrogens (tertiary/aromatic N) is 4. The fourth-order valence-corrected chi connectivity index (χ4v) is 7.99. The van der Waals surface area contributed by atoms with Gasteiger partial charge in [-0.1, -0.05) is 29.8 Å². The van der Waals surface area contributed by atoms with Crippen LogP contribution in [0, 0.1) is 5.82 Å². The van der Waals surface area contributed by atoms with Crippen LogP contribution in [0.25, 0.3) is 0 Å². The number of carbonyl (C=O) groups excluding carboxylic acids is 1. The van der Waals surface area contributed by atoms with E-state index in [1.54, 1.807) is 34.5 Å². The van der Waals surface area contributed by atoms with E-state index in [0.717, 1.165) is 30.3 Å². The van der Waals surface area contributed by atoms with E-state index in [0.29, 0.717) is 45.0 Å². The van der Waals surface area contributed by atoms with Gasteiger partial charge in [-0.15, -0.1) is 0 Å². The van der Waals surface area contributed by atoms with Crippen molar-refractivity contribution in [3.63, 3.8) is 0 Å². The van der Waals surface area contributed by atoms with Crippen LogP contribution < -0.4 is 14.5 Å². The van der Waals surface area contributed by atoms with Gasteiger partial charge in [0.15, 0.2) is 0 Å². The minimum absolute atomic E-state index is 0.0156. The summed E-state index contributed by atoms with van der Waals surface area (Å²) in [6.07, 6.45) is 1.71. The number of para-hydroxylation sites is 1. The lowest BCUT2D eigenvalue weighted by Crippen LogP contribution is -2.55. The predicted molar refractivity (Wildman–Crippen MR) is 157 cm³/mol. The van der Waals surface area contributed by atoms with Crippen LogP contribution >= 0.6 is 11.6 Å². The molecule has 41 heavy (non-hydrogen) atoms. The molecule has 0 aromatic heterocycles. The molecule has 216 valence electrons. The second-order valence-corrected chi connectivity index (χ2v) is 13.0. The minimum Gasteiger partial charge on any atom is -0.495 e. The quantitative estimate of drug-likeness (QED) is 0.416. The molecule has 0 spiro atoms. The number of halogens is 2. The van der Waals surface area contributed by atoms with Crippen LogP contribution in [0.3, 0.4) is 0 Å². The van der Waals surface area contributed by atoms with Gasteiger partial charge in [-0.2, -0.15) is 4.31 Å². The maximum absolute atomic E-state index is 13.8. The van der Waals surface area contributed by atoms with Crippen LogP contribution in [0.2, 0.25) is 5.02 Å². The fourth-order valence-electron chi connectivity index (χ4n) is 6.30. The Hall–Kier alpha value is -3.34. The fraction of sp³-hybridized carbons (Fsp3) is 0.367. The zero-order valence-corrected chi connectivity index (χ0v) is 24.3. The van der Waals surface area contributed by atoms with Crippen LogP contribution in [0.1, 0.15) is 23.2 Å². The van der Waals surface area contributed by atoms with Gasteiger partial charge >= 0.3 is 0 Å². The topological polar surface area (TPSA) is 73.4 Å². The van der Waals surface area contributed by atoms with E-state index in [-0.39, 0.29) is 33.5 Å². The number of anilines is 2. The number of rotatable bonds is 6. The average Bonchev–Trinajstić information content (AvgIpc) is 3.25. The van der Waals surface area contributed by atoms with Crippen molar-refractivity contribution in [2.75, 3.05) is 56.2 Å². The summed E-state index contributed by atoms with van der Waals surface area (Å²) in [4.78, 5) is 19.7. The minimum atomic E-state index is -3.72. The molecule has 3 aromatic carbocycles. The molecule has 3 aliphatic rings. The molecule has 3 fully saturated rings. The van der Waals surface area contributed by atoms with Gasteiger partial charge in [0, 0.05) is 57.0 Å². The molecule has 2 bridgehead atoms. The van der Waals surface area contributed by atoms with E-state index in [2.05, 4.69) is 9.80 Å². The summed E-state index contributed by atoms with van der Waals surface area (Å²) in [5, 5.41) is 0.0916. The number of sulfonamides is 1. The molecule has 2 unspecified atom stereocenters. The van der Waals surface area contributed by atoms with Gasteiger partial charge < -0.3 is 19.4 Å². The van der Waals surface area contributed by atoms with E-state index in [9.17, 15) is 17.6 Å². The SMILES string of the molecule is COc1ccc(S(=O)(=O)N2CCN(c3ccccc3)CC2)cc1N1C2CCC1CN(C(=O)c1ccc(F)cc1Cl)C2. The molecule has 0 saturated carbocycles. The summed E-state index contributed by atoms with van der Waals surface area (Å²) in [5.41, 5.74) is 2.08. The number of methoxy groups -OCH3 is 1. The number of hydrogen-bond donors (Lipinski definition) is 0. The molecule has 0 N–H and O–H groups in total. The Morgan fingerprint density at radius 1 is 0.927 bits per heavy atom. The van der Waals surface area contributed by atoms with Crippen molar-refractivity contribution in [1.82, 2.24) is 9.21 Å². The van der Waals surface area contributed by atoms with Crippen molar-refractivity contribution >= 4 is 38.9 Å². The molecule has 0 aliphatic carbocycles. The van der Waals surface area contributed by atoms with E-state index < -0.39 is 15.8 Å². The number of amides is 1. The Kier molecular flexibility index (Phi) is 7.56. The first-order chi connectivity index (χ1) is 19.8. The lowest BCUT2D eigenvalue weighted by atomic mass is 10.1. The predicted octanol–water partition coefficient (Wildman–Crippen LogP) is 4.49. The highest BCUT2D eigenvalue weighted by molar-refractivity contribution is 7.89. The van der Waals surface area contributed by atoms with Crippen LogP contribution in [0.15, 0.2) is 71.6 Å². The molecular formula is C30H32ClFN4O4S. The van der Waals surface area contributed by atoms with Gasteiger partial charge in [-0.3, -0.25) is 4.79 Å². The molecule has 8 nitrogen and oxygen atoms in total. The monoisotopic (exact) mass is 598 g/mol. The summed E-state index contributed by atoms with van der Waals surface area (Å²) in [5.74, 6) is -0.128. The maximum atomic E-state index is 13.8. The van der Waals surface area contributed by atoms with E-state index in [4.69, 9.17) is 16.3 Å². The zero-order valence-electron chi connectivity index (χ0n) is 22.7. The third-order valence-corrected chi connectivity index (χ3v) is 10.6. The Labute approximate surface area is 244 Å². The second kappa shape index (κ2) is 11.2. The van der Waals surface area contributed by atoms with Crippen LogP contribution in [0.5, 0.6) is 5.75 Å². The normalized spacial score (nSPS) is 21.3. The molecule has 3 heterocycles. The number of hydrogen-bond acceptors (Lipinski definition) is 6. The highest BCUT2D eigenvalue weighted by Crippen LogP contribution is 2.41. The standard InChI is InChI=1S/C30H32ClFN4O4S/c1-40-29-12-10-25(41(38,39)35-15-13-33(14-16-35)22-5-3-2-4-6-22)18-28(29)36-23-8-9-24(36)20-34(19-23)30(37)26-11-7-21(32)17-27(26)31/h2-7,10-12,17-18,23-24H,8-9,13-16,19-20H2,1H3. The zero-order chi connectivity index (χ0) is 28.7. The largest absolute Gasteiger partial charge is 0.495 e. The number of ether oxygens (including phenoxy) is 1. The summed E-state index contributed by atoms with van der Waals surface area (Å²) in [6, 6.07) is 18.8. The Morgan fingerprint density at radius 2 is 1.61 bits per heavy atom. The molecule has 0 radical (unpaired) electrons. The van der Waals surface area contributed by atoms with Gasteiger partial charge in [0.1, 0.15) is 11.6 Å². The van der Waals surface area contributed by atoms with Gasteiger partial charge in [-0.25, -0.2) is 12.8 Å². The molecule has 3 saturated heterocycles. The first kappa shape index (κ1) is 27.8. The summed E-state index contributed by atoms with van der Waals surface area (Å²) >= 11 is 6.18. The number of benzene rings is 3. The van der Waals surface area contributed by atoms with Crippen molar-refractivity contribution in [3.05, 3.63) is 83.1 Å². The van der Waals surface area contributed by atoms with Crippen molar-refractivity contribution in [2.45, 2.75) is 29.8 Å². The molecule has 1 amide bonds. The molecule has 3 aromatic rings. The summed E-state index contributed by atoms with van der Waals surface area (Å²) in [7, 11) is -2.14. The van der Waals surface area contributed by atoms with Crippen LogP contribution in [-0.2, 0) is 10.0 Å². The Morgan fingerprint density at radius 3 is 2.24 bits per heavy atom. The number of fused-ring (bicyclic) bond motifs is 2. The van der Waals surface area contributed by atoms with Crippen molar-refractivity contribution < 1.29 is 22.3 Å². The molecule has 11 heteroatoms. The lowest BCUT2D eigenvalue weighted by molar-refractivity contribution is 0.0718. The van der Waals surface area contributed by atoms with E-state index in [1.165, 1.54) is 12.1 Å². The highest BCUT2D eigenvalue weighted by Gasteiger charge is 2.43. The van der Waals surface area contributed by atoms with Gasteiger partial charge in [-0.05, 0) is 61.4 Å². The average molecular weight is 599 g/mol. The van der Waals surface area contributed by atoms with Crippen molar-refractivity contribution in [2.24, 2.45) is 0 Å². The molecular weight excluding hydrogens is 567 g/mol. The first-order valence-corrected chi connectivity index (χ1v) is 15.6. The lowest BCUT2D eigenvalue weighted by Gasteiger charge is -2.43. The first-order valence-electron chi connectivity index (χ1n) is 13.8. The van der Waals surface area contributed by atoms with Crippen LogP contribution in [0.4, 0.5) is 15.8 Å². The second-order valence-electron chi connectivity index (χ2n) is 10.7. The van der Waals surface area contributed by atoms with Crippen molar-refractivity contribution in [3.8, 4) is 5.75 Å². The van der Waals surface area contributed by atoms with Gasteiger partial charge in [0.05, 0.1) is 28.3 Å². The molecule has 6 rings (SSSR count). The number of piperazine rings is 2. The smallest absolute Gasteiger partial charge is 0.255 e. The Bertz CT molecular complexity index is 1540. The number of likely N-dealkylation sites (tertiary alicyclic amines) is 1. The molecule has 2 atom stereocenters. The van der Waals surface area contributed by atoms with Crippen LogP contribution in [-0.4, -0.2) is 82.0 Å². The van der Waals surface area contributed by atoms with E-state index in [1.807, 2.05) is 30.3 Å². The third kappa shape index (κ3) is 5.24. The summed E-state index contributed by atoms with van der Waals surface area (Å²) in [6.45, 7) is 2.93. The Balaban J connectivity index is 1.21. The third-order valence-electron chi connectivity index (χ3n) is 8.36. The molecule has 3 aliphatic heterocycles.